The minimum absolute atomic E-state index is 0.0234. The van der Waals surface area contributed by atoms with Gasteiger partial charge < -0.3 is 9.32 Å². The Hall–Kier alpha value is -3.23. The number of aromatic nitrogens is 2. The van der Waals surface area contributed by atoms with E-state index in [4.69, 9.17) is 4.42 Å². The largest absolute Gasteiger partial charge is 0.421 e. The Balaban J connectivity index is 1.40. The molecular formula is C20H25N5O4. The minimum atomic E-state index is -0.423. The van der Waals surface area contributed by atoms with Gasteiger partial charge in [-0.3, -0.25) is 25.2 Å². The van der Waals surface area contributed by atoms with Gasteiger partial charge in [-0.2, -0.15) is 0 Å². The molecule has 1 aliphatic heterocycles. The Morgan fingerprint density at radius 2 is 1.83 bits per heavy atom. The number of carbonyl (C=O) groups excluding carboxylic acids is 3. The molecule has 1 aromatic heterocycles. The van der Waals surface area contributed by atoms with E-state index < -0.39 is 5.91 Å². The van der Waals surface area contributed by atoms with Crippen LogP contribution in [0.15, 0.2) is 28.7 Å². The van der Waals surface area contributed by atoms with Crippen molar-refractivity contribution >= 4 is 17.7 Å². The van der Waals surface area contributed by atoms with Gasteiger partial charge in [0.05, 0.1) is 0 Å². The van der Waals surface area contributed by atoms with E-state index in [-0.39, 0.29) is 31.2 Å². The van der Waals surface area contributed by atoms with Crippen molar-refractivity contribution in [2.45, 2.75) is 45.4 Å². The summed E-state index contributed by atoms with van der Waals surface area (Å²) < 4.78 is 5.58. The van der Waals surface area contributed by atoms with E-state index in [1.165, 1.54) is 4.90 Å². The number of nitrogens with zero attached hydrogens (tertiary/aromatic N) is 3. The number of hydrogen-bond acceptors (Lipinski definition) is 6. The average molecular weight is 399 g/mol. The van der Waals surface area contributed by atoms with Gasteiger partial charge >= 0.3 is 0 Å². The molecule has 0 saturated carbocycles. The molecule has 9 nitrogen and oxygen atoms in total. The molecule has 0 aliphatic carbocycles. The van der Waals surface area contributed by atoms with Crippen LogP contribution in [0.2, 0.25) is 0 Å². The number of rotatable bonds is 6. The van der Waals surface area contributed by atoms with Crippen LogP contribution in [-0.4, -0.2) is 45.9 Å². The van der Waals surface area contributed by atoms with Crippen LogP contribution in [0.3, 0.4) is 0 Å². The lowest BCUT2D eigenvalue weighted by atomic mass is 10.1. The maximum absolute atomic E-state index is 12.0. The standard InChI is InChI=1S/C20H25N5O4/c1-14-6-8-15(9-7-14)20-24-23-18(29-20)11-10-16(26)21-22-17(27)13-25-12-4-2-3-5-19(25)28/h6-9H,2-5,10-13H2,1H3,(H,21,26)(H,22,27). The van der Waals surface area contributed by atoms with E-state index in [1.54, 1.807) is 0 Å². The molecule has 1 aliphatic rings. The predicted molar refractivity (Wildman–Crippen MR) is 104 cm³/mol. The van der Waals surface area contributed by atoms with Crippen molar-refractivity contribution < 1.29 is 18.8 Å². The Labute approximate surface area is 168 Å². The topological polar surface area (TPSA) is 117 Å². The lowest BCUT2D eigenvalue weighted by Gasteiger charge is -2.19. The first-order valence-electron chi connectivity index (χ1n) is 9.76. The molecule has 0 radical (unpaired) electrons. The highest BCUT2D eigenvalue weighted by Crippen LogP contribution is 2.18. The van der Waals surface area contributed by atoms with Gasteiger partial charge in [0, 0.05) is 31.4 Å². The zero-order valence-corrected chi connectivity index (χ0v) is 16.4. The lowest BCUT2D eigenvalue weighted by Crippen LogP contribution is -2.47. The Bertz CT molecular complexity index is 862. The van der Waals surface area contributed by atoms with Crippen molar-refractivity contribution in [3.8, 4) is 11.5 Å². The summed E-state index contributed by atoms with van der Waals surface area (Å²) in [6.45, 7) is 2.51. The highest BCUT2D eigenvalue weighted by atomic mass is 16.4. The van der Waals surface area contributed by atoms with Gasteiger partial charge in [-0.15, -0.1) is 10.2 Å². The molecule has 2 aromatic rings. The normalized spacial score (nSPS) is 14.4. The number of carbonyl (C=O) groups is 3. The molecular weight excluding hydrogens is 374 g/mol. The van der Waals surface area contributed by atoms with E-state index in [0.717, 1.165) is 30.4 Å². The third-order valence-electron chi connectivity index (χ3n) is 4.68. The van der Waals surface area contributed by atoms with E-state index in [0.29, 0.717) is 24.7 Å². The quantitative estimate of drug-likeness (QED) is 0.712. The molecule has 1 saturated heterocycles. The number of nitrogens with one attached hydrogen (secondary N) is 2. The number of hydrogen-bond donors (Lipinski definition) is 2. The van der Waals surface area contributed by atoms with E-state index >= 15 is 0 Å². The number of benzene rings is 1. The fourth-order valence-electron chi connectivity index (χ4n) is 3.01. The van der Waals surface area contributed by atoms with Crippen molar-refractivity contribution in [3.63, 3.8) is 0 Å². The lowest BCUT2D eigenvalue weighted by molar-refractivity contribution is -0.136. The monoisotopic (exact) mass is 399 g/mol. The van der Waals surface area contributed by atoms with E-state index in [2.05, 4.69) is 21.0 Å². The highest BCUT2D eigenvalue weighted by molar-refractivity contribution is 5.86. The van der Waals surface area contributed by atoms with Crippen LogP contribution in [0.25, 0.3) is 11.5 Å². The molecule has 2 N–H and O–H groups in total. The number of hydrazine groups is 1. The van der Waals surface area contributed by atoms with Crippen LogP contribution in [-0.2, 0) is 20.8 Å². The molecule has 1 aromatic carbocycles. The molecule has 0 atom stereocenters. The molecule has 0 spiro atoms. The number of aryl methyl sites for hydroxylation is 2. The first kappa shape index (κ1) is 20.5. The van der Waals surface area contributed by atoms with Crippen molar-refractivity contribution in [1.82, 2.24) is 25.9 Å². The maximum Gasteiger partial charge on any atom is 0.257 e. The fourth-order valence-corrected chi connectivity index (χ4v) is 3.01. The predicted octanol–water partition coefficient (Wildman–Crippen LogP) is 1.53. The zero-order chi connectivity index (χ0) is 20.6. The molecule has 0 unspecified atom stereocenters. The minimum Gasteiger partial charge on any atom is -0.421 e. The SMILES string of the molecule is Cc1ccc(-c2nnc(CCC(=O)NNC(=O)CN3CCCCCC3=O)o2)cc1. The molecule has 9 heteroatoms. The third-order valence-corrected chi connectivity index (χ3v) is 4.68. The molecule has 3 amide bonds. The van der Waals surface area contributed by atoms with Crippen LogP contribution >= 0.6 is 0 Å². The van der Waals surface area contributed by atoms with Crippen molar-refractivity contribution in [2.24, 2.45) is 0 Å². The van der Waals surface area contributed by atoms with E-state index in [9.17, 15) is 14.4 Å². The van der Waals surface area contributed by atoms with Gasteiger partial charge in [-0.1, -0.05) is 24.1 Å². The second-order valence-electron chi connectivity index (χ2n) is 7.09. The molecule has 0 bridgehead atoms. The van der Waals surface area contributed by atoms with Crippen LogP contribution in [0.5, 0.6) is 0 Å². The summed E-state index contributed by atoms with van der Waals surface area (Å²) in [6.07, 6.45) is 3.54. The molecule has 2 heterocycles. The Morgan fingerprint density at radius 1 is 1.07 bits per heavy atom. The van der Waals surface area contributed by atoms with Crippen molar-refractivity contribution in [3.05, 3.63) is 35.7 Å². The van der Waals surface area contributed by atoms with Gasteiger partial charge in [-0.05, 0) is 31.9 Å². The third kappa shape index (κ3) is 6.13. The van der Waals surface area contributed by atoms with Gasteiger partial charge in [0.2, 0.25) is 23.6 Å². The second kappa shape index (κ2) is 9.81. The Kier molecular flexibility index (Phi) is 6.94. The first-order chi connectivity index (χ1) is 14.0. The van der Waals surface area contributed by atoms with Gasteiger partial charge in [0.15, 0.2) is 0 Å². The molecule has 1 fully saturated rings. The fraction of sp³-hybridized carbons (Fsp3) is 0.450. The summed E-state index contributed by atoms with van der Waals surface area (Å²) in [4.78, 5) is 37.4. The molecule has 3 rings (SSSR count). The summed E-state index contributed by atoms with van der Waals surface area (Å²) >= 11 is 0. The number of likely N-dealkylation sites (tertiary alicyclic amines) is 1. The van der Waals surface area contributed by atoms with E-state index in [1.807, 2.05) is 31.2 Å². The summed E-state index contributed by atoms with van der Waals surface area (Å²) in [5, 5.41) is 7.94. The van der Waals surface area contributed by atoms with Crippen molar-refractivity contribution in [1.29, 1.82) is 0 Å². The number of amides is 3. The van der Waals surface area contributed by atoms with Crippen LogP contribution in [0.4, 0.5) is 0 Å². The smallest absolute Gasteiger partial charge is 0.257 e. The summed E-state index contributed by atoms with van der Waals surface area (Å²) in [5.74, 6) is -0.0820. The van der Waals surface area contributed by atoms with Gasteiger partial charge in [-0.25, -0.2) is 0 Å². The van der Waals surface area contributed by atoms with Crippen LogP contribution < -0.4 is 10.9 Å². The average Bonchev–Trinajstić information content (AvgIpc) is 3.10. The summed E-state index contributed by atoms with van der Waals surface area (Å²) in [6, 6.07) is 7.69. The summed E-state index contributed by atoms with van der Waals surface area (Å²) in [5.41, 5.74) is 6.64. The first-order valence-corrected chi connectivity index (χ1v) is 9.76. The maximum atomic E-state index is 12.0. The van der Waals surface area contributed by atoms with Crippen LogP contribution in [0, 0.1) is 6.92 Å². The Morgan fingerprint density at radius 3 is 2.62 bits per heavy atom. The van der Waals surface area contributed by atoms with Gasteiger partial charge in [0.25, 0.3) is 5.91 Å². The van der Waals surface area contributed by atoms with Crippen molar-refractivity contribution in [2.75, 3.05) is 13.1 Å². The zero-order valence-electron chi connectivity index (χ0n) is 16.4. The van der Waals surface area contributed by atoms with Crippen LogP contribution in [0.1, 0.15) is 43.6 Å². The highest BCUT2D eigenvalue weighted by Gasteiger charge is 2.19. The second-order valence-corrected chi connectivity index (χ2v) is 7.09. The summed E-state index contributed by atoms with van der Waals surface area (Å²) in [7, 11) is 0. The molecule has 29 heavy (non-hydrogen) atoms. The molecule has 154 valence electrons. The van der Waals surface area contributed by atoms with Gasteiger partial charge in [0.1, 0.15) is 6.54 Å².